The average molecular weight is 211 g/mol. The standard InChI is InChI=1S/C9H11O2.ClH.Mg/c1-7-4-5-8(10-2)9(6-7)11-3;;/h4-6H,1H2,2-3H3;1H;/q;;+1/p-1. The molecule has 1 aromatic rings. The second kappa shape index (κ2) is 5.57. The van der Waals surface area contributed by atoms with Crippen LogP contribution in [-0.4, -0.2) is 33.5 Å². The van der Waals surface area contributed by atoms with Crippen LogP contribution in [0, 0.1) is 0 Å². The summed E-state index contributed by atoms with van der Waals surface area (Å²) in [5.74, 6) is 1.54. The zero-order valence-corrected chi connectivity index (χ0v) is 10.0. The zero-order chi connectivity index (χ0) is 9.68. The normalized spacial score (nSPS) is 9.15. The molecule has 0 aliphatic rings. The summed E-state index contributed by atoms with van der Waals surface area (Å²) in [6.45, 7) is 0. The fourth-order valence-corrected chi connectivity index (χ4v) is 2.33. The summed E-state index contributed by atoms with van der Waals surface area (Å²) in [4.78, 5) is 0. The van der Waals surface area contributed by atoms with E-state index in [1.54, 1.807) is 14.2 Å². The lowest BCUT2D eigenvalue weighted by Gasteiger charge is -2.08. The molecule has 13 heavy (non-hydrogen) atoms. The highest BCUT2D eigenvalue weighted by Gasteiger charge is 2.04. The second-order valence-corrected chi connectivity index (χ2v) is 4.64. The van der Waals surface area contributed by atoms with Crippen molar-refractivity contribution in [2.24, 2.45) is 0 Å². The van der Waals surface area contributed by atoms with Crippen molar-refractivity contribution in [3.8, 4) is 11.5 Å². The number of hydrogen-bond donors (Lipinski definition) is 0. The molecule has 0 fully saturated rings. The molecule has 0 saturated heterocycles. The van der Waals surface area contributed by atoms with Crippen molar-refractivity contribution in [1.82, 2.24) is 0 Å². The molecule has 0 aromatic heterocycles. The molecule has 68 valence electrons. The number of rotatable bonds is 4. The molecule has 0 bridgehead atoms. The summed E-state index contributed by atoms with van der Waals surface area (Å²) in [5.41, 5.74) is 1.22. The largest absolute Gasteiger partial charge is 0.505 e. The van der Waals surface area contributed by atoms with Gasteiger partial charge in [0.2, 0.25) is 0 Å². The lowest BCUT2D eigenvalue weighted by molar-refractivity contribution is 0.354. The van der Waals surface area contributed by atoms with E-state index in [-0.39, 0.29) is 0 Å². The quantitative estimate of drug-likeness (QED) is 0.709. The highest BCUT2D eigenvalue weighted by molar-refractivity contribution is 6.93. The average Bonchev–Trinajstić information content (AvgIpc) is 2.18. The fraction of sp³-hybridized carbons (Fsp3) is 0.333. The van der Waals surface area contributed by atoms with Gasteiger partial charge in [-0.1, -0.05) is 16.2 Å². The van der Waals surface area contributed by atoms with E-state index < -0.39 is 19.3 Å². The molecule has 0 aliphatic heterocycles. The highest BCUT2D eigenvalue weighted by atomic mass is 35.5. The summed E-state index contributed by atoms with van der Waals surface area (Å²) in [6.07, 6.45) is 0. The van der Waals surface area contributed by atoms with E-state index in [1.165, 1.54) is 5.56 Å². The Morgan fingerprint density at radius 3 is 2.46 bits per heavy atom. The zero-order valence-electron chi connectivity index (χ0n) is 7.84. The van der Waals surface area contributed by atoms with Gasteiger partial charge < -0.3 is 18.5 Å². The van der Waals surface area contributed by atoms with Gasteiger partial charge in [-0.2, -0.15) is 0 Å². The molecular weight excluding hydrogens is 200 g/mol. The monoisotopic (exact) mass is 210 g/mol. The predicted octanol–water partition coefficient (Wildman–Crippen LogP) is 2.06. The summed E-state index contributed by atoms with van der Waals surface area (Å²) in [7, 11) is 9.04. The van der Waals surface area contributed by atoms with Crippen LogP contribution in [0.4, 0.5) is 0 Å². The molecule has 0 spiro atoms. The number of methoxy groups -OCH3 is 2. The third-order valence-corrected chi connectivity index (χ3v) is 3.16. The van der Waals surface area contributed by atoms with E-state index in [9.17, 15) is 0 Å². The molecule has 0 unspecified atom stereocenters. The van der Waals surface area contributed by atoms with Gasteiger partial charge in [0.05, 0.1) is 14.2 Å². The minimum absolute atomic E-state index is 0.451. The first-order chi connectivity index (χ1) is 6.31. The Labute approximate surface area is 91.7 Å². The molecule has 1 aromatic carbocycles. The van der Waals surface area contributed by atoms with Gasteiger partial charge in [0.25, 0.3) is 0 Å². The van der Waals surface area contributed by atoms with Crippen molar-refractivity contribution in [3.63, 3.8) is 0 Å². The first-order valence-corrected chi connectivity index (χ1v) is 7.22. The van der Waals surface area contributed by atoms with Crippen molar-refractivity contribution in [3.05, 3.63) is 23.8 Å². The molecular formula is C9H11ClMgO2. The van der Waals surface area contributed by atoms with E-state index in [2.05, 4.69) is 0 Å². The molecule has 1 rings (SSSR count). The fourth-order valence-electron chi connectivity index (χ4n) is 1.15. The Hall–Kier alpha value is -0.124. The third kappa shape index (κ3) is 2.93. The minimum Gasteiger partial charge on any atom is -0.493 e. The Balaban J connectivity index is 2.91. The van der Waals surface area contributed by atoms with Gasteiger partial charge in [-0.05, 0) is 12.1 Å². The molecule has 0 aliphatic carbocycles. The molecule has 0 atom stereocenters. The smallest absolute Gasteiger partial charge is 0.493 e. The van der Waals surface area contributed by atoms with E-state index in [4.69, 9.17) is 18.5 Å². The lowest BCUT2D eigenvalue weighted by Crippen LogP contribution is -1.94. The minimum atomic E-state index is -0.451. The van der Waals surface area contributed by atoms with Gasteiger partial charge in [-0.3, -0.25) is 0 Å². The maximum absolute atomic E-state index is 5.77. The molecule has 0 amide bonds. The van der Waals surface area contributed by atoms with Gasteiger partial charge in [-0.25, -0.2) is 0 Å². The first kappa shape index (κ1) is 11.0. The Morgan fingerprint density at radius 1 is 1.23 bits per heavy atom. The third-order valence-electron chi connectivity index (χ3n) is 1.83. The van der Waals surface area contributed by atoms with E-state index >= 15 is 0 Å². The molecule has 2 nitrogen and oxygen atoms in total. The van der Waals surface area contributed by atoms with Crippen LogP contribution in [0.2, 0.25) is 0 Å². The summed E-state index contributed by atoms with van der Waals surface area (Å²) >= 11 is -0.451. The van der Waals surface area contributed by atoms with Crippen LogP contribution in [0.15, 0.2) is 18.2 Å². The molecule has 0 N–H and O–H groups in total. The van der Waals surface area contributed by atoms with Gasteiger partial charge in [-0.15, -0.1) is 0 Å². The van der Waals surface area contributed by atoms with Crippen molar-refractivity contribution in [1.29, 1.82) is 0 Å². The van der Waals surface area contributed by atoms with E-state index in [0.717, 1.165) is 16.0 Å². The maximum atomic E-state index is 5.77. The molecule has 0 radical (unpaired) electrons. The van der Waals surface area contributed by atoms with Crippen LogP contribution in [0.5, 0.6) is 11.5 Å². The highest BCUT2D eigenvalue weighted by Crippen LogP contribution is 2.27. The number of benzene rings is 1. The topological polar surface area (TPSA) is 18.5 Å². The van der Waals surface area contributed by atoms with Crippen LogP contribution in [0.3, 0.4) is 0 Å². The van der Waals surface area contributed by atoms with Crippen molar-refractivity contribution in [2.75, 3.05) is 14.2 Å². The number of hydrogen-bond acceptors (Lipinski definition) is 2. The van der Waals surface area contributed by atoms with Crippen LogP contribution in [-0.2, 0) is 4.55 Å². The summed E-state index contributed by atoms with van der Waals surface area (Å²) < 4.78 is 11.3. The Morgan fingerprint density at radius 2 is 1.92 bits per heavy atom. The maximum Gasteiger partial charge on any atom is 0.505 e. The lowest BCUT2D eigenvalue weighted by atomic mass is 10.2. The van der Waals surface area contributed by atoms with Crippen molar-refractivity contribution >= 4 is 28.3 Å². The first-order valence-electron chi connectivity index (χ1n) is 4.08. The van der Waals surface area contributed by atoms with Gasteiger partial charge >= 0.3 is 19.3 Å². The van der Waals surface area contributed by atoms with Gasteiger partial charge in [0, 0.05) is 0 Å². The van der Waals surface area contributed by atoms with Gasteiger partial charge in [0.15, 0.2) is 11.5 Å². The van der Waals surface area contributed by atoms with Crippen molar-refractivity contribution < 1.29 is 9.47 Å². The number of halogens is 1. The number of ether oxygens (including phenoxy) is 2. The SMILES string of the molecule is COc1ccc([CH2][Mg][Cl])cc1OC. The molecule has 0 heterocycles. The van der Waals surface area contributed by atoms with Crippen LogP contribution < -0.4 is 9.47 Å². The predicted molar refractivity (Wildman–Crippen MR) is 54.9 cm³/mol. The Kier molecular flexibility index (Phi) is 4.70. The summed E-state index contributed by atoms with van der Waals surface area (Å²) in [6, 6.07) is 5.92. The summed E-state index contributed by atoms with van der Waals surface area (Å²) in [5, 5.41) is 0. The van der Waals surface area contributed by atoms with Crippen molar-refractivity contribution in [2.45, 2.75) is 4.55 Å². The van der Waals surface area contributed by atoms with Crippen LogP contribution in [0.1, 0.15) is 5.56 Å². The molecule has 4 heteroatoms. The van der Waals surface area contributed by atoms with E-state index in [0.29, 0.717) is 0 Å². The van der Waals surface area contributed by atoms with Crippen LogP contribution >= 0.6 is 9.07 Å². The van der Waals surface area contributed by atoms with E-state index in [1.807, 2.05) is 18.2 Å². The van der Waals surface area contributed by atoms with Crippen LogP contribution in [0.25, 0.3) is 0 Å². The second-order valence-electron chi connectivity index (χ2n) is 2.63. The Bertz CT molecular complexity index is 278. The van der Waals surface area contributed by atoms with Gasteiger partial charge in [0.1, 0.15) is 0 Å². The molecule has 0 saturated carbocycles.